The molecule has 3 nitrogen and oxygen atoms in total. The minimum atomic E-state index is -0.305. The van der Waals surface area contributed by atoms with E-state index < -0.39 is 0 Å². The monoisotopic (exact) mass is 205 g/mol. The number of rotatable bonds is 2. The third kappa shape index (κ3) is 1.88. The summed E-state index contributed by atoms with van der Waals surface area (Å²) >= 11 is 0. The van der Waals surface area contributed by atoms with Crippen molar-refractivity contribution in [3.05, 3.63) is 35.4 Å². The Hall–Kier alpha value is -1.35. The normalized spacial score (nSPS) is 24.5. The minimum Gasteiger partial charge on any atom is -0.396 e. The van der Waals surface area contributed by atoms with Gasteiger partial charge in [0.1, 0.15) is 0 Å². The molecule has 80 valence electrons. The van der Waals surface area contributed by atoms with Crippen LogP contribution in [-0.4, -0.2) is 23.2 Å². The van der Waals surface area contributed by atoms with Crippen LogP contribution in [0.4, 0.5) is 0 Å². The molecule has 3 heteroatoms. The Morgan fingerprint density at radius 3 is 2.93 bits per heavy atom. The zero-order chi connectivity index (χ0) is 10.9. The number of benzene rings is 1. The van der Waals surface area contributed by atoms with Crippen LogP contribution in [0.1, 0.15) is 29.3 Å². The van der Waals surface area contributed by atoms with E-state index in [-0.39, 0.29) is 18.1 Å². The van der Waals surface area contributed by atoms with Gasteiger partial charge in [-0.3, -0.25) is 4.79 Å². The molecular formula is C12H15NO2. The lowest BCUT2D eigenvalue weighted by Gasteiger charge is -2.35. The maximum atomic E-state index is 11.8. The summed E-state index contributed by atoms with van der Waals surface area (Å²) < 4.78 is 0. The van der Waals surface area contributed by atoms with Crippen molar-refractivity contribution in [1.29, 1.82) is 0 Å². The maximum Gasteiger partial charge on any atom is 0.251 e. The summed E-state index contributed by atoms with van der Waals surface area (Å²) in [4.78, 5) is 11.8. The van der Waals surface area contributed by atoms with Gasteiger partial charge in [-0.25, -0.2) is 0 Å². The van der Waals surface area contributed by atoms with Gasteiger partial charge < -0.3 is 10.4 Å². The van der Waals surface area contributed by atoms with Gasteiger partial charge in [0, 0.05) is 17.7 Å². The average molecular weight is 205 g/mol. The van der Waals surface area contributed by atoms with Crippen LogP contribution in [0.2, 0.25) is 0 Å². The molecule has 1 heterocycles. The van der Waals surface area contributed by atoms with E-state index in [0.29, 0.717) is 6.42 Å². The molecule has 0 radical (unpaired) electrons. The number of amides is 1. The minimum absolute atomic E-state index is 0.0344. The summed E-state index contributed by atoms with van der Waals surface area (Å²) in [5.74, 6) is -0.0344. The molecule has 0 aromatic heterocycles. The predicted octanol–water partition coefficient (Wildman–Crippen LogP) is 1.11. The molecule has 1 aliphatic heterocycles. The van der Waals surface area contributed by atoms with Gasteiger partial charge in [-0.1, -0.05) is 18.2 Å². The summed E-state index contributed by atoms with van der Waals surface area (Å²) in [6.45, 7) is 2.07. The highest BCUT2D eigenvalue weighted by atomic mass is 16.3. The van der Waals surface area contributed by atoms with Crippen LogP contribution < -0.4 is 5.32 Å². The number of carbonyl (C=O) groups excluding carboxylic acids is 1. The quantitative estimate of drug-likeness (QED) is 0.760. The smallest absolute Gasteiger partial charge is 0.251 e. The lowest BCUT2D eigenvalue weighted by atomic mass is 9.84. The molecule has 0 spiro atoms. The highest BCUT2D eigenvalue weighted by Gasteiger charge is 2.32. The van der Waals surface area contributed by atoms with Crippen LogP contribution in [0.5, 0.6) is 0 Å². The average Bonchev–Trinajstić information content (AvgIpc) is 2.17. The Morgan fingerprint density at radius 1 is 1.47 bits per heavy atom. The van der Waals surface area contributed by atoms with E-state index in [2.05, 4.69) is 5.32 Å². The van der Waals surface area contributed by atoms with Crippen LogP contribution in [0.3, 0.4) is 0 Å². The van der Waals surface area contributed by atoms with Crippen LogP contribution in [0.25, 0.3) is 0 Å². The summed E-state index contributed by atoms with van der Waals surface area (Å²) in [5, 5.41) is 11.9. The first-order valence-corrected chi connectivity index (χ1v) is 5.16. The van der Waals surface area contributed by atoms with Gasteiger partial charge in [0.15, 0.2) is 0 Å². The van der Waals surface area contributed by atoms with Gasteiger partial charge >= 0.3 is 0 Å². The summed E-state index contributed by atoms with van der Waals surface area (Å²) in [6, 6.07) is 7.62. The first-order chi connectivity index (χ1) is 7.14. The fraction of sp³-hybridized carbons (Fsp3) is 0.417. The fourth-order valence-electron chi connectivity index (χ4n) is 2.10. The van der Waals surface area contributed by atoms with Crippen molar-refractivity contribution in [3.8, 4) is 0 Å². The van der Waals surface area contributed by atoms with Gasteiger partial charge in [0.25, 0.3) is 5.91 Å². The van der Waals surface area contributed by atoms with Gasteiger partial charge in [-0.05, 0) is 31.4 Å². The van der Waals surface area contributed by atoms with Crippen molar-refractivity contribution in [3.63, 3.8) is 0 Å². The molecule has 0 saturated carbocycles. The zero-order valence-electron chi connectivity index (χ0n) is 8.79. The number of carbonyl (C=O) groups is 1. The van der Waals surface area contributed by atoms with E-state index in [1.807, 2.05) is 31.2 Å². The van der Waals surface area contributed by atoms with Crippen LogP contribution in [0.15, 0.2) is 24.3 Å². The molecule has 1 aromatic carbocycles. The number of hydrogen-bond donors (Lipinski definition) is 2. The van der Waals surface area contributed by atoms with E-state index in [4.69, 9.17) is 5.11 Å². The summed E-state index contributed by atoms with van der Waals surface area (Å²) in [6.07, 6.45) is 1.38. The van der Waals surface area contributed by atoms with E-state index in [1.165, 1.54) is 0 Å². The Morgan fingerprint density at radius 2 is 2.20 bits per heavy atom. The second-order valence-electron chi connectivity index (χ2n) is 4.32. The molecule has 0 bridgehead atoms. The fourth-order valence-corrected chi connectivity index (χ4v) is 2.10. The largest absolute Gasteiger partial charge is 0.396 e. The number of aliphatic hydroxyl groups excluding tert-OH is 1. The highest BCUT2D eigenvalue weighted by Crippen LogP contribution is 2.25. The SMILES string of the molecule is CC1(CCO)Cc2ccccc2C(=O)N1. The van der Waals surface area contributed by atoms with Gasteiger partial charge in [0.05, 0.1) is 0 Å². The van der Waals surface area contributed by atoms with Crippen LogP contribution in [-0.2, 0) is 6.42 Å². The second kappa shape index (κ2) is 3.66. The maximum absolute atomic E-state index is 11.8. The van der Waals surface area contributed by atoms with E-state index in [1.54, 1.807) is 0 Å². The van der Waals surface area contributed by atoms with Crippen molar-refractivity contribution in [2.75, 3.05) is 6.61 Å². The van der Waals surface area contributed by atoms with Crippen molar-refractivity contribution in [2.45, 2.75) is 25.3 Å². The van der Waals surface area contributed by atoms with E-state index >= 15 is 0 Å². The van der Waals surface area contributed by atoms with Crippen molar-refractivity contribution < 1.29 is 9.90 Å². The van der Waals surface area contributed by atoms with Crippen molar-refractivity contribution >= 4 is 5.91 Å². The highest BCUT2D eigenvalue weighted by molar-refractivity contribution is 5.97. The third-order valence-corrected chi connectivity index (χ3v) is 2.92. The Kier molecular flexibility index (Phi) is 2.49. The van der Waals surface area contributed by atoms with Crippen LogP contribution >= 0.6 is 0 Å². The molecule has 15 heavy (non-hydrogen) atoms. The molecule has 1 atom stereocenters. The van der Waals surface area contributed by atoms with Gasteiger partial charge in [-0.15, -0.1) is 0 Å². The van der Waals surface area contributed by atoms with Crippen molar-refractivity contribution in [1.82, 2.24) is 5.32 Å². The molecule has 1 amide bonds. The molecular weight excluding hydrogens is 190 g/mol. The number of aliphatic hydroxyl groups is 1. The Labute approximate surface area is 89.1 Å². The topological polar surface area (TPSA) is 49.3 Å². The molecule has 1 unspecified atom stereocenters. The second-order valence-corrected chi connectivity index (χ2v) is 4.32. The first kappa shape index (κ1) is 10.2. The molecule has 2 N–H and O–H groups in total. The lowest BCUT2D eigenvalue weighted by Crippen LogP contribution is -2.51. The molecule has 0 fully saturated rings. The van der Waals surface area contributed by atoms with Gasteiger partial charge in [-0.2, -0.15) is 0 Å². The lowest BCUT2D eigenvalue weighted by molar-refractivity contribution is 0.0868. The van der Waals surface area contributed by atoms with Gasteiger partial charge in [0.2, 0.25) is 0 Å². The van der Waals surface area contributed by atoms with Crippen LogP contribution in [0, 0.1) is 0 Å². The Balaban J connectivity index is 2.34. The first-order valence-electron chi connectivity index (χ1n) is 5.16. The summed E-state index contributed by atoms with van der Waals surface area (Å²) in [5.41, 5.74) is 1.52. The Bertz CT molecular complexity index is 389. The standard InChI is InChI=1S/C12H15NO2/c1-12(6-7-14)8-9-4-2-3-5-10(9)11(15)13-12/h2-5,14H,6-8H2,1H3,(H,13,15). The van der Waals surface area contributed by atoms with Crippen molar-refractivity contribution in [2.24, 2.45) is 0 Å². The zero-order valence-corrected chi connectivity index (χ0v) is 8.79. The molecule has 1 aromatic rings. The summed E-state index contributed by atoms with van der Waals surface area (Å²) in [7, 11) is 0. The predicted molar refractivity (Wildman–Crippen MR) is 57.7 cm³/mol. The third-order valence-electron chi connectivity index (χ3n) is 2.92. The molecule has 0 saturated heterocycles. The molecule has 1 aliphatic rings. The molecule has 0 aliphatic carbocycles. The number of fused-ring (bicyclic) bond motifs is 1. The molecule has 2 rings (SSSR count). The number of nitrogens with one attached hydrogen (secondary N) is 1. The van der Waals surface area contributed by atoms with E-state index in [0.717, 1.165) is 17.5 Å². The van der Waals surface area contributed by atoms with E-state index in [9.17, 15) is 4.79 Å². The number of hydrogen-bond acceptors (Lipinski definition) is 2.